The first-order valence-corrected chi connectivity index (χ1v) is 9.45. The van der Waals surface area contributed by atoms with Crippen molar-refractivity contribution < 1.29 is 14.1 Å². The highest BCUT2D eigenvalue weighted by atomic mass is 16.5. The maximum Gasteiger partial charge on any atom is 0.253 e. The summed E-state index contributed by atoms with van der Waals surface area (Å²) in [6.07, 6.45) is 7.40. The number of unbranched alkanes of at least 4 members (excludes halogenated alkanes) is 1. The number of pyridine rings is 1. The summed E-state index contributed by atoms with van der Waals surface area (Å²) in [5.41, 5.74) is 3.82. The summed E-state index contributed by atoms with van der Waals surface area (Å²) in [5.74, 6) is 0.808. The number of amides is 1. The molecule has 26 heavy (non-hydrogen) atoms. The second-order valence-electron chi connectivity index (χ2n) is 6.84. The fraction of sp³-hybridized carbons (Fsp3) is 0.550. The molecule has 1 amide bonds. The minimum absolute atomic E-state index is 0.0868. The molecule has 1 unspecified atom stereocenters. The molecule has 1 aliphatic rings. The molecule has 6 nitrogen and oxygen atoms in total. The van der Waals surface area contributed by atoms with Crippen LogP contribution in [-0.2, 0) is 24.0 Å². The van der Waals surface area contributed by atoms with Gasteiger partial charge in [0.15, 0.2) is 0 Å². The zero-order valence-electron chi connectivity index (χ0n) is 15.6. The summed E-state index contributed by atoms with van der Waals surface area (Å²) in [5, 5.41) is 7.17. The predicted octanol–water partition coefficient (Wildman–Crippen LogP) is 3.02. The Morgan fingerprint density at radius 1 is 1.31 bits per heavy atom. The molecular weight excluding hydrogens is 330 g/mol. The molecule has 140 valence electrons. The van der Waals surface area contributed by atoms with E-state index in [0.29, 0.717) is 18.8 Å². The number of aromatic nitrogens is 2. The fourth-order valence-corrected chi connectivity index (χ4v) is 3.17. The lowest BCUT2D eigenvalue weighted by Crippen LogP contribution is -2.35. The Morgan fingerprint density at radius 3 is 2.88 bits per heavy atom. The Bertz CT molecular complexity index is 718. The van der Waals surface area contributed by atoms with Gasteiger partial charge >= 0.3 is 0 Å². The number of nitrogens with zero attached hydrogens (tertiary/aromatic N) is 2. The molecule has 0 bridgehead atoms. The molecule has 3 rings (SSSR count). The standard InChI is InChI=1S/C20H27N3O3/c1-3-4-5-19-18(14(2)26-23-19)9-8-16-7-6-15(12-21-16)20(24)22-17-10-11-25-13-17/h6-7,12,17H,3-5,8-11,13H2,1-2H3,(H,22,24). The zero-order chi connectivity index (χ0) is 18.4. The number of hydrogen-bond donors (Lipinski definition) is 1. The highest BCUT2D eigenvalue weighted by molar-refractivity contribution is 5.94. The van der Waals surface area contributed by atoms with Crippen molar-refractivity contribution in [3.8, 4) is 0 Å². The molecule has 1 atom stereocenters. The first-order valence-electron chi connectivity index (χ1n) is 9.45. The van der Waals surface area contributed by atoms with Crippen molar-refractivity contribution >= 4 is 5.91 Å². The van der Waals surface area contributed by atoms with Gasteiger partial charge in [0.1, 0.15) is 5.76 Å². The summed E-state index contributed by atoms with van der Waals surface area (Å²) >= 11 is 0. The minimum Gasteiger partial charge on any atom is -0.379 e. The normalized spacial score (nSPS) is 16.8. The maximum absolute atomic E-state index is 12.2. The van der Waals surface area contributed by atoms with E-state index in [4.69, 9.17) is 9.26 Å². The van der Waals surface area contributed by atoms with Crippen molar-refractivity contribution in [2.45, 2.75) is 58.4 Å². The second-order valence-corrected chi connectivity index (χ2v) is 6.84. The van der Waals surface area contributed by atoms with Crippen LogP contribution in [0.2, 0.25) is 0 Å². The maximum atomic E-state index is 12.2. The zero-order valence-corrected chi connectivity index (χ0v) is 15.6. The Kier molecular flexibility index (Phi) is 6.39. The smallest absolute Gasteiger partial charge is 0.253 e. The molecule has 1 saturated heterocycles. The van der Waals surface area contributed by atoms with E-state index in [0.717, 1.165) is 55.7 Å². The van der Waals surface area contributed by atoms with Crippen LogP contribution in [-0.4, -0.2) is 35.3 Å². The summed E-state index contributed by atoms with van der Waals surface area (Å²) in [6.45, 7) is 5.44. The third kappa shape index (κ3) is 4.69. The topological polar surface area (TPSA) is 77.2 Å². The molecule has 0 radical (unpaired) electrons. The molecule has 0 aliphatic carbocycles. The van der Waals surface area contributed by atoms with E-state index in [2.05, 4.69) is 22.4 Å². The number of ether oxygens (including phenoxy) is 1. The Hall–Kier alpha value is -2.21. The highest BCUT2D eigenvalue weighted by Gasteiger charge is 2.19. The van der Waals surface area contributed by atoms with Gasteiger partial charge in [-0.25, -0.2) is 0 Å². The number of aryl methyl sites for hydroxylation is 3. The van der Waals surface area contributed by atoms with Crippen LogP contribution in [0.1, 0.15) is 59.3 Å². The summed E-state index contributed by atoms with van der Waals surface area (Å²) < 4.78 is 10.6. The summed E-state index contributed by atoms with van der Waals surface area (Å²) in [7, 11) is 0. The number of rotatable bonds is 8. The van der Waals surface area contributed by atoms with E-state index in [9.17, 15) is 4.79 Å². The van der Waals surface area contributed by atoms with Crippen LogP contribution in [0.15, 0.2) is 22.9 Å². The average Bonchev–Trinajstić information content (AvgIpc) is 3.28. The first-order chi connectivity index (χ1) is 12.7. The van der Waals surface area contributed by atoms with Gasteiger partial charge in [0.25, 0.3) is 5.91 Å². The molecule has 0 spiro atoms. The number of nitrogens with one attached hydrogen (secondary N) is 1. The van der Waals surface area contributed by atoms with Gasteiger partial charge in [0.05, 0.1) is 23.9 Å². The Balaban J connectivity index is 1.56. The van der Waals surface area contributed by atoms with Gasteiger partial charge < -0.3 is 14.6 Å². The van der Waals surface area contributed by atoms with Crippen LogP contribution in [0.3, 0.4) is 0 Å². The van der Waals surface area contributed by atoms with Gasteiger partial charge in [0, 0.05) is 24.1 Å². The monoisotopic (exact) mass is 357 g/mol. The SMILES string of the molecule is CCCCc1noc(C)c1CCc1ccc(C(=O)NC2CCOC2)cn1. The lowest BCUT2D eigenvalue weighted by atomic mass is 10.0. The largest absolute Gasteiger partial charge is 0.379 e. The van der Waals surface area contributed by atoms with Crippen LogP contribution in [0, 0.1) is 6.92 Å². The van der Waals surface area contributed by atoms with Crippen LogP contribution < -0.4 is 5.32 Å². The average molecular weight is 357 g/mol. The number of carbonyl (C=O) groups is 1. The van der Waals surface area contributed by atoms with Crippen molar-refractivity contribution in [3.63, 3.8) is 0 Å². The molecule has 2 aromatic rings. The van der Waals surface area contributed by atoms with Crippen LogP contribution in [0.5, 0.6) is 0 Å². The van der Waals surface area contributed by atoms with Gasteiger partial charge in [-0.15, -0.1) is 0 Å². The lowest BCUT2D eigenvalue weighted by molar-refractivity contribution is 0.0929. The molecule has 3 heterocycles. The second kappa shape index (κ2) is 8.94. The number of carbonyl (C=O) groups excluding carboxylic acids is 1. The van der Waals surface area contributed by atoms with Crippen molar-refractivity contribution in [2.24, 2.45) is 0 Å². The molecule has 0 aromatic carbocycles. The molecule has 6 heteroatoms. The molecule has 1 aliphatic heterocycles. The summed E-state index contributed by atoms with van der Waals surface area (Å²) in [4.78, 5) is 16.7. The van der Waals surface area contributed by atoms with Crippen LogP contribution in [0.4, 0.5) is 0 Å². The van der Waals surface area contributed by atoms with E-state index in [1.54, 1.807) is 6.20 Å². The summed E-state index contributed by atoms with van der Waals surface area (Å²) in [6, 6.07) is 3.88. The van der Waals surface area contributed by atoms with Gasteiger partial charge in [-0.1, -0.05) is 18.5 Å². The van der Waals surface area contributed by atoms with E-state index >= 15 is 0 Å². The van der Waals surface area contributed by atoms with Crippen LogP contribution in [0.25, 0.3) is 0 Å². The van der Waals surface area contributed by atoms with Gasteiger partial charge in [-0.2, -0.15) is 0 Å². The molecule has 1 fully saturated rings. The third-order valence-electron chi connectivity index (χ3n) is 4.82. The lowest BCUT2D eigenvalue weighted by Gasteiger charge is -2.10. The van der Waals surface area contributed by atoms with Crippen molar-refractivity contribution in [1.82, 2.24) is 15.5 Å². The van der Waals surface area contributed by atoms with E-state index in [1.807, 2.05) is 19.1 Å². The van der Waals surface area contributed by atoms with Gasteiger partial charge in [-0.05, 0) is 51.2 Å². The quantitative estimate of drug-likeness (QED) is 0.786. The fourth-order valence-electron chi connectivity index (χ4n) is 3.17. The van der Waals surface area contributed by atoms with Crippen LogP contribution >= 0.6 is 0 Å². The van der Waals surface area contributed by atoms with Gasteiger partial charge in [-0.3, -0.25) is 9.78 Å². The number of hydrogen-bond acceptors (Lipinski definition) is 5. The third-order valence-corrected chi connectivity index (χ3v) is 4.82. The highest BCUT2D eigenvalue weighted by Crippen LogP contribution is 2.18. The molecule has 2 aromatic heterocycles. The molecule has 0 saturated carbocycles. The van der Waals surface area contributed by atoms with Crippen molar-refractivity contribution in [3.05, 3.63) is 46.6 Å². The van der Waals surface area contributed by atoms with E-state index in [1.165, 1.54) is 5.56 Å². The minimum atomic E-state index is -0.0868. The van der Waals surface area contributed by atoms with E-state index in [-0.39, 0.29) is 11.9 Å². The van der Waals surface area contributed by atoms with Crippen molar-refractivity contribution in [2.75, 3.05) is 13.2 Å². The van der Waals surface area contributed by atoms with E-state index < -0.39 is 0 Å². The van der Waals surface area contributed by atoms with Crippen molar-refractivity contribution in [1.29, 1.82) is 0 Å². The first kappa shape index (κ1) is 18.6. The Labute approximate surface area is 154 Å². The predicted molar refractivity (Wildman–Crippen MR) is 98.2 cm³/mol. The molecule has 1 N–H and O–H groups in total. The molecular formula is C20H27N3O3. The Morgan fingerprint density at radius 2 is 2.19 bits per heavy atom. The van der Waals surface area contributed by atoms with Gasteiger partial charge in [0.2, 0.25) is 0 Å².